The molecule has 1 aromatic rings. The first-order chi connectivity index (χ1) is 4.75. The molecule has 0 saturated heterocycles. The third-order valence-corrected chi connectivity index (χ3v) is 2.02. The van der Waals surface area contributed by atoms with Crippen molar-refractivity contribution in [3.05, 3.63) is 18.2 Å². The van der Waals surface area contributed by atoms with Crippen molar-refractivity contribution in [2.75, 3.05) is 12.0 Å². The second kappa shape index (κ2) is 2.84. The maximum atomic E-state index is 9.25. The molecule has 0 saturated carbocycles. The van der Waals surface area contributed by atoms with Crippen molar-refractivity contribution in [3.63, 3.8) is 0 Å². The summed E-state index contributed by atoms with van der Waals surface area (Å²) in [6.07, 6.45) is 1.90. The van der Waals surface area contributed by atoms with Crippen LogP contribution in [0.4, 0.5) is 5.69 Å². The highest BCUT2D eigenvalue weighted by Gasteiger charge is 2.00. The van der Waals surface area contributed by atoms with E-state index in [2.05, 4.69) is 0 Å². The molecule has 0 heterocycles. The molecule has 3 N–H and O–H groups in total. The second-order valence-electron chi connectivity index (χ2n) is 1.90. The lowest BCUT2D eigenvalue weighted by molar-refractivity contribution is 0.465. The molecule has 0 aromatic heterocycles. The molecule has 1 aromatic carbocycles. The SMILES string of the molecule is CSc1cccc(N)c1O. The minimum Gasteiger partial charge on any atom is -0.505 e. The van der Waals surface area contributed by atoms with E-state index in [1.165, 1.54) is 11.8 Å². The molecule has 1 rings (SSSR count). The molecule has 3 heteroatoms. The predicted octanol–water partition coefficient (Wildman–Crippen LogP) is 1.70. The van der Waals surface area contributed by atoms with Gasteiger partial charge in [0, 0.05) is 0 Å². The zero-order valence-electron chi connectivity index (χ0n) is 5.66. The van der Waals surface area contributed by atoms with Gasteiger partial charge >= 0.3 is 0 Å². The van der Waals surface area contributed by atoms with Crippen LogP contribution in [-0.4, -0.2) is 11.4 Å². The van der Waals surface area contributed by atoms with Gasteiger partial charge in [0.05, 0.1) is 10.6 Å². The summed E-state index contributed by atoms with van der Waals surface area (Å²) in [4.78, 5) is 0.819. The predicted molar refractivity (Wildman–Crippen MR) is 44.3 cm³/mol. The van der Waals surface area contributed by atoms with E-state index in [-0.39, 0.29) is 5.75 Å². The fourth-order valence-electron chi connectivity index (χ4n) is 0.704. The zero-order chi connectivity index (χ0) is 7.56. The molecule has 0 aliphatic heterocycles. The van der Waals surface area contributed by atoms with Crippen LogP contribution in [0.2, 0.25) is 0 Å². The van der Waals surface area contributed by atoms with Crippen molar-refractivity contribution < 1.29 is 5.11 Å². The molecule has 0 radical (unpaired) electrons. The van der Waals surface area contributed by atoms with Crippen LogP contribution in [0.1, 0.15) is 0 Å². The topological polar surface area (TPSA) is 46.2 Å². The smallest absolute Gasteiger partial charge is 0.151 e. The van der Waals surface area contributed by atoms with E-state index < -0.39 is 0 Å². The largest absolute Gasteiger partial charge is 0.505 e. The number of aromatic hydroxyl groups is 1. The Morgan fingerprint density at radius 3 is 2.70 bits per heavy atom. The van der Waals surface area contributed by atoms with Gasteiger partial charge in [-0.1, -0.05) is 6.07 Å². The highest BCUT2D eigenvalue weighted by Crippen LogP contribution is 2.30. The number of thioether (sulfide) groups is 1. The standard InChI is InChI=1S/C7H9NOS/c1-10-6-4-2-3-5(8)7(6)9/h2-4,9H,8H2,1H3. The number of hydrogen-bond donors (Lipinski definition) is 2. The monoisotopic (exact) mass is 155 g/mol. The van der Waals surface area contributed by atoms with Crippen molar-refractivity contribution in [1.29, 1.82) is 0 Å². The summed E-state index contributed by atoms with van der Waals surface area (Å²) in [6, 6.07) is 5.33. The molecule has 0 unspecified atom stereocenters. The summed E-state index contributed by atoms with van der Waals surface area (Å²) in [7, 11) is 0. The van der Waals surface area contributed by atoms with Gasteiger partial charge in [0.25, 0.3) is 0 Å². The van der Waals surface area contributed by atoms with Crippen LogP contribution < -0.4 is 5.73 Å². The lowest BCUT2D eigenvalue weighted by atomic mass is 10.3. The number of para-hydroxylation sites is 1. The molecule has 0 aliphatic rings. The van der Waals surface area contributed by atoms with E-state index in [1.807, 2.05) is 18.4 Å². The first-order valence-corrected chi connectivity index (χ1v) is 4.09. The zero-order valence-corrected chi connectivity index (χ0v) is 6.48. The molecular formula is C7H9NOS. The van der Waals surface area contributed by atoms with Crippen LogP contribution in [0, 0.1) is 0 Å². The summed E-state index contributed by atoms with van der Waals surface area (Å²) in [5, 5.41) is 9.25. The van der Waals surface area contributed by atoms with Gasteiger partial charge in [0.1, 0.15) is 0 Å². The summed E-state index contributed by atoms with van der Waals surface area (Å²) in [5.74, 6) is 0.190. The Morgan fingerprint density at radius 1 is 1.50 bits per heavy atom. The Labute approximate surface area is 64.1 Å². The van der Waals surface area contributed by atoms with E-state index in [9.17, 15) is 5.11 Å². The molecule has 0 spiro atoms. The fraction of sp³-hybridized carbons (Fsp3) is 0.143. The van der Waals surface area contributed by atoms with Crippen LogP contribution in [0.15, 0.2) is 23.1 Å². The van der Waals surface area contributed by atoms with Crippen LogP contribution in [-0.2, 0) is 0 Å². The van der Waals surface area contributed by atoms with Gasteiger partial charge in [-0.05, 0) is 18.4 Å². The number of phenols is 1. The maximum absolute atomic E-state index is 9.25. The van der Waals surface area contributed by atoms with Crippen molar-refractivity contribution in [3.8, 4) is 5.75 Å². The molecule has 2 nitrogen and oxygen atoms in total. The quantitative estimate of drug-likeness (QED) is 0.368. The summed E-state index contributed by atoms with van der Waals surface area (Å²) in [6.45, 7) is 0. The number of hydrogen-bond acceptors (Lipinski definition) is 3. The van der Waals surface area contributed by atoms with Gasteiger partial charge in [-0.2, -0.15) is 0 Å². The van der Waals surface area contributed by atoms with Crippen molar-refractivity contribution in [1.82, 2.24) is 0 Å². The Balaban J connectivity index is 3.14. The Kier molecular flexibility index (Phi) is 2.06. The summed E-state index contributed by atoms with van der Waals surface area (Å²) in [5.41, 5.74) is 5.87. The molecule has 10 heavy (non-hydrogen) atoms. The molecule has 0 atom stereocenters. The van der Waals surface area contributed by atoms with E-state index in [4.69, 9.17) is 5.73 Å². The number of anilines is 1. The van der Waals surface area contributed by atoms with Gasteiger partial charge in [0.15, 0.2) is 5.75 Å². The molecular weight excluding hydrogens is 146 g/mol. The third-order valence-electron chi connectivity index (χ3n) is 1.25. The Morgan fingerprint density at radius 2 is 2.20 bits per heavy atom. The van der Waals surface area contributed by atoms with E-state index in [1.54, 1.807) is 6.07 Å². The van der Waals surface area contributed by atoms with Gasteiger partial charge < -0.3 is 10.8 Å². The molecule has 0 fully saturated rings. The number of nitrogen functional groups attached to an aromatic ring is 1. The first kappa shape index (κ1) is 7.28. The van der Waals surface area contributed by atoms with Crippen LogP contribution >= 0.6 is 11.8 Å². The average molecular weight is 155 g/mol. The first-order valence-electron chi connectivity index (χ1n) is 2.87. The molecule has 0 bridgehead atoms. The fourth-order valence-corrected chi connectivity index (χ4v) is 1.23. The Bertz CT molecular complexity index is 237. The molecule has 0 aliphatic carbocycles. The molecule has 0 amide bonds. The van der Waals surface area contributed by atoms with E-state index in [0.717, 1.165) is 4.90 Å². The Hall–Kier alpha value is -0.830. The highest BCUT2D eigenvalue weighted by molar-refractivity contribution is 7.98. The van der Waals surface area contributed by atoms with Gasteiger partial charge in [-0.25, -0.2) is 0 Å². The minimum atomic E-state index is 0.190. The van der Waals surface area contributed by atoms with Gasteiger partial charge in [-0.3, -0.25) is 0 Å². The minimum absolute atomic E-state index is 0.190. The number of benzene rings is 1. The number of phenolic OH excluding ortho intramolecular Hbond substituents is 1. The lowest BCUT2D eigenvalue weighted by Crippen LogP contribution is -1.85. The normalized spacial score (nSPS) is 9.70. The number of nitrogens with two attached hydrogens (primary N) is 1. The van der Waals surface area contributed by atoms with E-state index >= 15 is 0 Å². The summed E-state index contributed by atoms with van der Waals surface area (Å²) < 4.78 is 0. The summed E-state index contributed by atoms with van der Waals surface area (Å²) >= 11 is 1.48. The van der Waals surface area contributed by atoms with Crippen molar-refractivity contribution in [2.45, 2.75) is 4.90 Å². The maximum Gasteiger partial charge on any atom is 0.151 e. The van der Waals surface area contributed by atoms with E-state index in [0.29, 0.717) is 5.69 Å². The lowest BCUT2D eigenvalue weighted by Gasteiger charge is -2.01. The van der Waals surface area contributed by atoms with Crippen LogP contribution in [0.25, 0.3) is 0 Å². The van der Waals surface area contributed by atoms with Crippen LogP contribution in [0.5, 0.6) is 5.75 Å². The van der Waals surface area contributed by atoms with Crippen molar-refractivity contribution >= 4 is 17.4 Å². The number of rotatable bonds is 1. The van der Waals surface area contributed by atoms with Crippen molar-refractivity contribution in [2.24, 2.45) is 0 Å². The third kappa shape index (κ3) is 1.19. The van der Waals surface area contributed by atoms with Gasteiger partial charge in [0.2, 0.25) is 0 Å². The second-order valence-corrected chi connectivity index (χ2v) is 2.75. The average Bonchev–Trinajstić information content (AvgIpc) is 1.95. The molecule has 54 valence electrons. The van der Waals surface area contributed by atoms with Crippen LogP contribution in [0.3, 0.4) is 0 Å². The highest BCUT2D eigenvalue weighted by atomic mass is 32.2. The van der Waals surface area contributed by atoms with Gasteiger partial charge in [-0.15, -0.1) is 11.8 Å².